The average Bonchev–Trinajstić information content (AvgIpc) is 1.30. The Hall–Kier alpha value is 0.830. The molecule has 0 aliphatic rings. The van der Waals surface area contributed by atoms with E-state index >= 15 is 0 Å². The molecule has 0 aliphatic heterocycles. The zero-order chi connectivity index (χ0) is 5.91. The number of hydrogen-bond acceptors (Lipinski definition) is 5. The molecular formula is C2H8NNaO4S. The Bertz CT molecular complexity index is 132. The van der Waals surface area contributed by atoms with Gasteiger partial charge in [0.05, 0.1) is 22.5 Å². The van der Waals surface area contributed by atoms with E-state index in [4.69, 9.17) is 5.11 Å². The minimum Gasteiger partial charge on any atom is -0.748 e. The summed E-state index contributed by atoms with van der Waals surface area (Å²) in [7, 11) is -4.17. The van der Waals surface area contributed by atoms with E-state index < -0.39 is 22.5 Å². The van der Waals surface area contributed by atoms with E-state index in [1.54, 1.807) is 0 Å². The second-order valence-electron chi connectivity index (χ2n) is 0.985. The van der Waals surface area contributed by atoms with Crippen LogP contribution in [0, 0.1) is 0 Å². The van der Waals surface area contributed by atoms with Gasteiger partial charge >= 0.3 is 29.6 Å². The first kappa shape index (κ1) is 16.4. The van der Waals surface area contributed by atoms with Gasteiger partial charge < -0.3 is 15.8 Å². The van der Waals surface area contributed by atoms with Crippen LogP contribution < -0.4 is 35.7 Å². The van der Waals surface area contributed by atoms with Crippen molar-refractivity contribution < 1.29 is 47.6 Å². The molecule has 5 nitrogen and oxygen atoms in total. The predicted molar refractivity (Wildman–Crippen MR) is 26.7 cm³/mol. The summed E-state index contributed by atoms with van der Waals surface area (Å²) < 4.78 is 28.5. The summed E-state index contributed by atoms with van der Waals surface area (Å²) in [4.78, 5) is 0. The van der Waals surface area contributed by atoms with Crippen LogP contribution in [-0.2, 0) is 10.1 Å². The quantitative estimate of drug-likeness (QED) is 0.317. The van der Waals surface area contributed by atoms with E-state index in [0.29, 0.717) is 0 Å². The maximum Gasteiger partial charge on any atom is 1.00 e. The molecule has 0 atom stereocenters. The summed E-state index contributed by atoms with van der Waals surface area (Å²) in [6.07, 6.45) is 0. The van der Waals surface area contributed by atoms with E-state index in [1.807, 2.05) is 0 Å². The predicted octanol–water partition coefficient (Wildman–Crippen LogP) is -4.31. The molecule has 0 aromatic heterocycles. The van der Waals surface area contributed by atoms with Crippen molar-refractivity contribution in [2.75, 3.05) is 12.4 Å². The fourth-order valence-corrected chi connectivity index (χ4v) is 0.335. The SMILES string of the molecule is N.O=S(=O)([O-])CCO.[Na+]. The molecule has 4 N–H and O–H groups in total. The second kappa shape index (κ2) is 6.94. The Morgan fingerprint density at radius 2 is 1.78 bits per heavy atom. The molecule has 0 unspecified atom stereocenters. The number of aliphatic hydroxyl groups is 1. The molecule has 0 aliphatic carbocycles. The van der Waals surface area contributed by atoms with E-state index in [0.717, 1.165) is 0 Å². The topological polar surface area (TPSA) is 112 Å². The average molecular weight is 165 g/mol. The van der Waals surface area contributed by atoms with Gasteiger partial charge in [-0.2, -0.15) is 0 Å². The standard InChI is InChI=1S/C2H6O4S.H3N.Na/c3-1-2-7(4,5)6;;/h3H,1-2H2,(H,4,5,6);1H3;/q;;+1/p-1. The van der Waals surface area contributed by atoms with Crippen molar-refractivity contribution in [2.45, 2.75) is 0 Å². The van der Waals surface area contributed by atoms with E-state index in [9.17, 15) is 13.0 Å². The first-order valence-corrected chi connectivity index (χ1v) is 3.18. The molecule has 0 spiro atoms. The van der Waals surface area contributed by atoms with Crippen LogP contribution in [0.4, 0.5) is 0 Å². The fourth-order valence-electron chi connectivity index (χ4n) is 0.112. The molecule has 0 amide bonds. The third kappa shape index (κ3) is 17.7. The molecular weight excluding hydrogens is 157 g/mol. The Morgan fingerprint density at radius 3 is 1.78 bits per heavy atom. The van der Waals surface area contributed by atoms with Crippen LogP contribution >= 0.6 is 0 Å². The van der Waals surface area contributed by atoms with Gasteiger partial charge in [0, 0.05) is 0 Å². The molecule has 9 heavy (non-hydrogen) atoms. The monoisotopic (exact) mass is 165 g/mol. The summed E-state index contributed by atoms with van der Waals surface area (Å²) in [6, 6.07) is 0. The van der Waals surface area contributed by atoms with Crippen molar-refractivity contribution in [3.05, 3.63) is 0 Å². The van der Waals surface area contributed by atoms with Crippen LogP contribution in [0.25, 0.3) is 0 Å². The normalized spacial score (nSPS) is 9.11. The summed E-state index contributed by atoms with van der Waals surface area (Å²) >= 11 is 0. The molecule has 0 aromatic rings. The van der Waals surface area contributed by atoms with E-state index in [1.165, 1.54) is 0 Å². The molecule has 0 rings (SSSR count). The van der Waals surface area contributed by atoms with Crippen molar-refractivity contribution in [1.29, 1.82) is 0 Å². The van der Waals surface area contributed by atoms with Crippen molar-refractivity contribution in [1.82, 2.24) is 6.15 Å². The maximum absolute atomic E-state index is 9.52. The van der Waals surface area contributed by atoms with Gasteiger partial charge in [-0.05, 0) is 0 Å². The molecule has 0 heterocycles. The van der Waals surface area contributed by atoms with Crippen molar-refractivity contribution in [3.8, 4) is 0 Å². The van der Waals surface area contributed by atoms with E-state index in [2.05, 4.69) is 0 Å². The van der Waals surface area contributed by atoms with Crippen LogP contribution in [0.15, 0.2) is 0 Å². The van der Waals surface area contributed by atoms with Gasteiger partial charge in [-0.15, -0.1) is 0 Å². The Morgan fingerprint density at radius 1 is 1.44 bits per heavy atom. The zero-order valence-electron chi connectivity index (χ0n) is 5.20. The Kier molecular flexibility index (Phi) is 12.7. The van der Waals surface area contributed by atoms with Gasteiger partial charge in [-0.25, -0.2) is 8.42 Å². The molecule has 0 fully saturated rings. The van der Waals surface area contributed by atoms with Crippen molar-refractivity contribution in [3.63, 3.8) is 0 Å². The van der Waals surface area contributed by atoms with Crippen LogP contribution in [-0.4, -0.2) is 30.4 Å². The number of hydrogen-bond donors (Lipinski definition) is 2. The third-order valence-electron chi connectivity index (χ3n) is 0.341. The minimum atomic E-state index is -4.17. The van der Waals surface area contributed by atoms with Gasteiger partial charge in [-0.3, -0.25) is 0 Å². The molecule has 0 bridgehead atoms. The summed E-state index contributed by atoms with van der Waals surface area (Å²) in [6.45, 7) is -0.591. The maximum atomic E-state index is 9.52. The van der Waals surface area contributed by atoms with Crippen LogP contribution in [0.1, 0.15) is 0 Å². The van der Waals surface area contributed by atoms with Gasteiger partial charge in [0.2, 0.25) is 0 Å². The minimum absolute atomic E-state index is 0. The summed E-state index contributed by atoms with van der Waals surface area (Å²) in [5, 5.41) is 7.82. The Labute approximate surface area is 76.1 Å². The third-order valence-corrected chi connectivity index (χ3v) is 1.02. The molecule has 7 heteroatoms. The smallest absolute Gasteiger partial charge is 0.748 e. The fraction of sp³-hybridized carbons (Fsp3) is 1.00. The summed E-state index contributed by atoms with van der Waals surface area (Å²) in [5.74, 6) is -0.688. The second-order valence-corrected chi connectivity index (χ2v) is 2.51. The first-order valence-electron chi connectivity index (χ1n) is 1.60. The molecule has 0 radical (unpaired) electrons. The van der Waals surface area contributed by atoms with Crippen LogP contribution in [0.3, 0.4) is 0 Å². The number of rotatable bonds is 2. The van der Waals surface area contributed by atoms with Crippen LogP contribution in [0.2, 0.25) is 0 Å². The van der Waals surface area contributed by atoms with Gasteiger partial charge in [-0.1, -0.05) is 0 Å². The van der Waals surface area contributed by atoms with Crippen molar-refractivity contribution >= 4 is 10.1 Å². The van der Waals surface area contributed by atoms with Crippen LogP contribution in [0.5, 0.6) is 0 Å². The van der Waals surface area contributed by atoms with Crippen molar-refractivity contribution in [2.24, 2.45) is 0 Å². The van der Waals surface area contributed by atoms with Gasteiger partial charge in [0.1, 0.15) is 0 Å². The van der Waals surface area contributed by atoms with E-state index in [-0.39, 0.29) is 35.7 Å². The van der Waals surface area contributed by atoms with Gasteiger partial charge in [0.15, 0.2) is 0 Å². The molecule has 0 saturated heterocycles. The Balaban J connectivity index is -0.000000180. The zero-order valence-corrected chi connectivity index (χ0v) is 8.02. The summed E-state index contributed by atoms with van der Waals surface area (Å²) in [5.41, 5.74) is 0. The number of aliphatic hydroxyl groups excluding tert-OH is 1. The first-order chi connectivity index (χ1) is 3.06. The largest absolute Gasteiger partial charge is 1.00 e. The molecule has 52 valence electrons. The molecule has 0 saturated carbocycles. The van der Waals surface area contributed by atoms with Gasteiger partial charge in [0.25, 0.3) is 0 Å². The molecule has 0 aromatic carbocycles.